The van der Waals surface area contributed by atoms with Crippen LogP contribution in [0.25, 0.3) is 10.9 Å². The topological polar surface area (TPSA) is 54.0 Å². The number of benzene rings is 3. The number of carbonyl (C=O) groups is 1. The number of pyridine rings is 1. The predicted octanol–water partition coefficient (Wildman–Crippen LogP) is 6.85. The van der Waals surface area contributed by atoms with E-state index in [0.717, 1.165) is 28.0 Å². The van der Waals surface area contributed by atoms with E-state index in [0.29, 0.717) is 21.3 Å². The Morgan fingerprint density at radius 1 is 0.897 bits per heavy atom. The van der Waals surface area contributed by atoms with E-state index in [1.54, 1.807) is 24.3 Å². The number of hydrogen-bond acceptors (Lipinski definition) is 3. The summed E-state index contributed by atoms with van der Waals surface area (Å²) >= 11 is 12.2. The number of aromatic nitrogens is 1. The smallest absolute Gasteiger partial charge is 0.257 e. The summed E-state index contributed by atoms with van der Waals surface area (Å²) in [5, 5.41) is 8.20. The van der Waals surface area contributed by atoms with E-state index in [9.17, 15) is 4.79 Å². The Morgan fingerprint density at radius 3 is 2.52 bits per heavy atom. The van der Waals surface area contributed by atoms with Crippen LogP contribution in [0.2, 0.25) is 10.0 Å². The molecule has 4 nitrogen and oxygen atoms in total. The summed E-state index contributed by atoms with van der Waals surface area (Å²) in [4.78, 5) is 17.2. The molecule has 0 atom stereocenters. The van der Waals surface area contributed by atoms with Crippen molar-refractivity contribution in [1.29, 1.82) is 0 Å². The van der Waals surface area contributed by atoms with Crippen LogP contribution in [0.3, 0.4) is 0 Å². The molecule has 0 saturated heterocycles. The number of nitrogens with zero attached hydrogens (tertiary/aromatic N) is 1. The molecule has 29 heavy (non-hydrogen) atoms. The number of aryl methyl sites for hydroxylation is 1. The number of hydrogen-bond donors (Lipinski definition) is 2. The normalized spacial score (nSPS) is 10.7. The van der Waals surface area contributed by atoms with Crippen molar-refractivity contribution in [2.45, 2.75) is 6.92 Å². The lowest BCUT2D eigenvalue weighted by Crippen LogP contribution is -2.12. The molecule has 144 valence electrons. The maximum absolute atomic E-state index is 12.5. The second-order valence-electron chi connectivity index (χ2n) is 6.63. The summed E-state index contributed by atoms with van der Waals surface area (Å²) in [6.45, 7) is 2.01. The van der Waals surface area contributed by atoms with E-state index < -0.39 is 0 Å². The average molecular weight is 422 g/mol. The number of carbonyl (C=O) groups excluding carboxylic acids is 1. The molecule has 1 heterocycles. The van der Waals surface area contributed by atoms with E-state index in [1.165, 1.54) is 0 Å². The molecule has 0 radical (unpaired) electrons. The predicted molar refractivity (Wildman–Crippen MR) is 121 cm³/mol. The Bertz CT molecular complexity index is 1220. The van der Waals surface area contributed by atoms with Gasteiger partial charge in [-0.3, -0.25) is 4.79 Å². The third-order valence-electron chi connectivity index (χ3n) is 4.49. The quantitative estimate of drug-likeness (QED) is 0.378. The third-order valence-corrected chi connectivity index (χ3v) is 5.05. The van der Waals surface area contributed by atoms with E-state index >= 15 is 0 Å². The van der Waals surface area contributed by atoms with E-state index in [-0.39, 0.29) is 5.91 Å². The number of nitrogens with one attached hydrogen (secondary N) is 2. The molecule has 0 fully saturated rings. The first-order valence-corrected chi connectivity index (χ1v) is 9.75. The molecule has 6 heteroatoms. The number of rotatable bonds is 4. The summed E-state index contributed by atoms with van der Waals surface area (Å²) in [7, 11) is 0. The first-order chi connectivity index (χ1) is 14.0. The minimum absolute atomic E-state index is 0.250. The lowest BCUT2D eigenvalue weighted by atomic mass is 10.1. The van der Waals surface area contributed by atoms with E-state index in [1.807, 2.05) is 55.5 Å². The van der Waals surface area contributed by atoms with Crippen LogP contribution in [0.5, 0.6) is 0 Å². The zero-order valence-corrected chi connectivity index (χ0v) is 17.1. The second kappa shape index (κ2) is 8.11. The Balaban J connectivity index is 1.60. The van der Waals surface area contributed by atoms with Crippen LogP contribution in [0.15, 0.2) is 72.8 Å². The molecule has 0 bridgehead atoms. The molecule has 0 aliphatic rings. The summed E-state index contributed by atoms with van der Waals surface area (Å²) < 4.78 is 0. The Morgan fingerprint density at radius 2 is 1.72 bits per heavy atom. The van der Waals surface area contributed by atoms with Gasteiger partial charge in [-0.05, 0) is 67.1 Å². The van der Waals surface area contributed by atoms with Crippen molar-refractivity contribution in [3.8, 4) is 0 Å². The highest BCUT2D eigenvalue weighted by Gasteiger charge is 2.11. The van der Waals surface area contributed by atoms with Crippen molar-refractivity contribution in [2.24, 2.45) is 0 Å². The van der Waals surface area contributed by atoms with Gasteiger partial charge in [-0.1, -0.05) is 41.4 Å². The molecule has 1 aromatic heterocycles. The SMILES string of the molecule is Cc1cc(Nc2cccc(Cl)c2)nc2ccc(NC(=O)c3ccccc3Cl)cc12. The second-order valence-corrected chi connectivity index (χ2v) is 7.47. The van der Waals surface area contributed by atoms with Gasteiger partial charge >= 0.3 is 0 Å². The van der Waals surface area contributed by atoms with Crippen LogP contribution in [0, 0.1) is 6.92 Å². The molecule has 0 unspecified atom stereocenters. The van der Waals surface area contributed by atoms with Crippen LogP contribution in [0.4, 0.5) is 17.2 Å². The fourth-order valence-corrected chi connectivity index (χ4v) is 3.51. The summed E-state index contributed by atoms with van der Waals surface area (Å²) in [6.07, 6.45) is 0. The maximum atomic E-state index is 12.5. The van der Waals surface area contributed by atoms with Gasteiger partial charge in [0.1, 0.15) is 5.82 Å². The lowest BCUT2D eigenvalue weighted by Gasteiger charge is -2.11. The number of amides is 1. The van der Waals surface area contributed by atoms with Gasteiger partial charge in [0.05, 0.1) is 16.1 Å². The molecule has 1 amide bonds. The highest BCUT2D eigenvalue weighted by molar-refractivity contribution is 6.34. The molecule has 0 aliphatic heterocycles. The molecular formula is C23H17Cl2N3O. The van der Waals surface area contributed by atoms with Gasteiger partial charge in [0.25, 0.3) is 5.91 Å². The summed E-state index contributed by atoms with van der Waals surface area (Å²) in [5.41, 5.74) is 3.85. The van der Waals surface area contributed by atoms with E-state index in [2.05, 4.69) is 15.6 Å². The zero-order chi connectivity index (χ0) is 20.4. The van der Waals surface area contributed by atoms with E-state index in [4.69, 9.17) is 23.2 Å². The summed E-state index contributed by atoms with van der Waals surface area (Å²) in [5.74, 6) is 0.477. The van der Waals surface area contributed by atoms with Crippen molar-refractivity contribution >= 4 is 57.2 Å². The highest BCUT2D eigenvalue weighted by Crippen LogP contribution is 2.27. The molecule has 4 aromatic rings. The van der Waals surface area contributed by atoms with Gasteiger partial charge in [0, 0.05) is 21.8 Å². The number of halogens is 2. The minimum atomic E-state index is -0.250. The standard InChI is InChI=1S/C23H17Cl2N3O/c1-14-11-22(26-16-6-4-5-15(24)12-16)28-21-10-9-17(13-19(14)21)27-23(29)18-7-2-3-8-20(18)25/h2-13H,1H3,(H,26,28)(H,27,29). The van der Waals surface area contributed by atoms with Crippen LogP contribution >= 0.6 is 23.2 Å². The molecular weight excluding hydrogens is 405 g/mol. The molecule has 3 aromatic carbocycles. The van der Waals surface area contributed by atoms with Crippen LogP contribution < -0.4 is 10.6 Å². The van der Waals surface area contributed by atoms with Crippen molar-refractivity contribution < 1.29 is 4.79 Å². The van der Waals surface area contributed by atoms with Gasteiger partial charge in [-0.15, -0.1) is 0 Å². The fraction of sp³-hybridized carbons (Fsp3) is 0.0435. The van der Waals surface area contributed by atoms with Gasteiger partial charge in [0.2, 0.25) is 0 Å². The van der Waals surface area contributed by atoms with Crippen molar-refractivity contribution in [1.82, 2.24) is 4.98 Å². The third kappa shape index (κ3) is 4.34. The average Bonchev–Trinajstić information content (AvgIpc) is 2.69. The fourth-order valence-electron chi connectivity index (χ4n) is 3.09. The molecule has 4 rings (SSSR count). The van der Waals surface area contributed by atoms with Crippen molar-refractivity contribution in [2.75, 3.05) is 10.6 Å². The van der Waals surface area contributed by atoms with Gasteiger partial charge in [0.15, 0.2) is 0 Å². The Labute approximate surface area is 178 Å². The number of anilines is 3. The first kappa shape index (κ1) is 19.2. The van der Waals surface area contributed by atoms with Gasteiger partial charge in [-0.25, -0.2) is 4.98 Å². The van der Waals surface area contributed by atoms with Gasteiger partial charge < -0.3 is 10.6 Å². The van der Waals surface area contributed by atoms with Crippen LogP contribution in [-0.4, -0.2) is 10.9 Å². The number of fused-ring (bicyclic) bond motifs is 1. The molecule has 2 N–H and O–H groups in total. The van der Waals surface area contributed by atoms with Gasteiger partial charge in [-0.2, -0.15) is 0 Å². The zero-order valence-electron chi connectivity index (χ0n) is 15.5. The maximum Gasteiger partial charge on any atom is 0.257 e. The molecule has 0 aliphatic carbocycles. The highest BCUT2D eigenvalue weighted by atomic mass is 35.5. The molecule has 0 saturated carbocycles. The van der Waals surface area contributed by atoms with Crippen molar-refractivity contribution in [3.05, 3.63) is 94.0 Å². The lowest BCUT2D eigenvalue weighted by molar-refractivity contribution is 0.102. The Kier molecular flexibility index (Phi) is 5.38. The Hall–Kier alpha value is -3.08. The van der Waals surface area contributed by atoms with Crippen LogP contribution in [0.1, 0.15) is 15.9 Å². The van der Waals surface area contributed by atoms with Crippen LogP contribution in [-0.2, 0) is 0 Å². The largest absolute Gasteiger partial charge is 0.340 e. The molecule has 0 spiro atoms. The first-order valence-electron chi connectivity index (χ1n) is 8.99. The summed E-state index contributed by atoms with van der Waals surface area (Å²) in [6, 6.07) is 22.0. The minimum Gasteiger partial charge on any atom is -0.340 e. The van der Waals surface area contributed by atoms with Crippen molar-refractivity contribution in [3.63, 3.8) is 0 Å². The monoisotopic (exact) mass is 421 g/mol.